The van der Waals surface area contributed by atoms with Crippen molar-refractivity contribution in [2.45, 2.75) is 33.1 Å². The second-order valence-corrected chi connectivity index (χ2v) is 5.04. The third-order valence-electron chi connectivity index (χ3n) is 2.90. The predicted molar refractivity (Wildman–Crippen MR) is 96.2 cm³/mol. The number of carbonyl (C=O) groups excluding carboxylic acids is 1. The van der Waals surface area contributed by atoms with Crippen molar-refractivity contribution in [3.05, 3.63) is 0 Å². The fraction of sp³-hybridized carbons (Fsp3) is 0.857. The molecular formula is C14H29IN4O2. The second kappa shape index (κ2) is 13.1. The molecule has 1 saturated carbocycles. The van der Waals surface area contributed by atoms with Crippen LogP contribution in [0.4, 0.5) is 0 Å². The maximum atomic E-state index is 10.7. The van der Waals surface area contributed by atoms with Crippen LogP contribution in [-0.2, 0) is 9.53 Å². The lowest BCUT2D eigenvalue weighted by atomic mass is 10.4. The Bertz CT molecular complexity index is 309. The van der Waals surface area contributed by atoms with Gasteiger partial charge in [-0.25, -0.2) is 0 Å². The van der Waals surface area contributed by atoms with E-state index in [4.69, 9.17) is 4.74 Å². The minimum absolute atomic E-state index is 0. The van der Waals surface area contributed by atoms with Gasteiger partial charge in [-0.15, -0.1) is 24.0 Å². The molecule has 21 heavy (non-hydrogen) atoms. The molecule has 1 fully saturated rings. The highest BCUT2D eigenvalue weighted by Crippen LogP contribution is 2.28. The summed E-state index contributed by atoms with van der Waals surface area (Å²) in [5.74, 6) is 1.60. The van der Waals surface area contributed by atoms with E-state index in [0.717, 1.165) is 44.6 Å². The number of ether oxygens (including phenoxy) is 1. The van der Waals surface area contributed by atoms with Gasteiger partial charge in [-0.05, 0) is 32.1 Å². The monoisotopic (exact) mass is 412 g/mol. The number of rotatable bonds is 10. The molecule has 0 aliphatic heterocycles. The van der Waals surface area contributed by atoms with Gasteiger partial charge in [0.2, 0.25) is 5.91 Å². The van der Waals surface area contributed by atoms with Gasteiger partial charge in [-0.2, -0.15) is 0 Å². The normalized spacial score (nSPS) is 14.3. The summed E-state index contributed by atoms with van der Waals surface area (Å²) in [5.41, 5.74) is 0. The standard InChI is InChI=1S/C14H28N4O2.HI/c1-3-15-14(18-9-8-16-12(2)19)17-7-4-10-20-11-13-5-6-13;/h13H,3-11H2,1-2H3,(H,16,19)(H2,15,17,18);1H. The molecule has 0 aromatic rings. The summed E-state index contributed by atoms with van der Waals surface area (Å²) in [6.07, 6.45) is 3.61. The summed E-state index contributed by atoms with van der Waals surface area (Å²) in [4.78, 5) is 15.2. The van der Waals surface area contributed by atoms with Crippen molar-refractivity contribution in [1.29, 1.82) is 0 Å². The molecule has 3 N–H and O–H groups in total. The van der Waals surface area contributed by atoms with E-state index in [0.29, 0.717) is 13.1 Å². The number of aliphatic imine (C=N–C) groups is 1. The highest BCUT2D eigenvalue weighted by Gasteiger charge is 2.20. The van der Waals surface area contributed by atoms with Crippen LogP contribution in [0.25, 0.3) is 0 Å². The summed E-state index contributed by atoms with van der Waals surface area (Å²) >= 11 is 0. The first-order valence-electron chi connectivity index (χ1n) is 7.56. The van der Waals surface area contributed by atoms with E-state index in [9.17, 15) is 4.79 Å². The molecule has 6 nitrogen and oxygen atoms in total. The lowest BCUT2D eigenvalue weighted by molar-refractivity contribution is -0.118. The van der Waals surface area contributed by atoms with Crippen LogP contribution >= 0.6 is 24.0 Å². The van der Waals surface area contributed by atoms with Crippen molar-refractivity contribution in [1.82, 2.24) is 16.0 Å². The number of carbonyl (C=O) groups is 1. The van der Waals surface area contributed by atoms with Crippen LogP contribution in [0.5, 0.6) is 0 Å². The Labute approximate surface area is 144 Å². The summed E-state index contributed by atoms with van der Waals surface area (Å²) in [6, 6.07) is 0. The molecule has 0 aromatic heterocycles. The van der Waals surface area contributed by atoms with Crippen LogP contribution in [0, 0.1) is 5.92 Å². The zero-order chi connectivity index (χ0) is 14.6. The van der Waals surface area contributed by atoms with Crippen LogP contribution in [0.1, 0.15) is 33.1 Å². The van der Waals surface area contributed by atoms with E-state index < -0.39 is 0 Å². The zero-order valence-electron chi connectivity index (χ0n) is 13.1. The van der Waals surface area contributed by atoms with Crippen molar-refractivity contribution in [2.24, 2.45) is 10.9 Å². The first-order chi connectivity index (χ1) is 9.72. The van der Waals surface area contributed by atoms with Crippen molar-refractivity contribution in [2.75, 3.05) is 39.4 Å². The molecule has 1 amide bonds. The van der Waals surface area contributed by atoms with Gasteiger partial charge in [-0.1, -0.05) is 0 Å². The Hall–Kier alpha value is -0.570. The van der Waals surface area contributed by atoms with E-state index in [2.05, 4.69) is 20.9 Å². The molecule has 0 radical (unpaired) electrons. The molecule has 0 spiro atoms. The number of amides is 1. The molecule has 1 aliphatic rings. The zero-order valence-corrected chi connectivity index (χ0v) is 15.4. The Morgan fingerprint density at radius 1 is 1.24 bits per heavy atom. The number of nitrogens with zero attached hydrogens (tertiary/aromatic N) is 1. The first kappa shape index (κ1) is 20.4. The SMILES string of the molecule is CCNC(=NCCCOCC1CC1)NCCNC(C)=O.I. The average molecular weight is 412 g/mol. The average Bonchev–Trinajstić information content (AvgIpc) is 3.22. The third kappa shape index (κ3) is 12.9. The van der Waals surface area contributed by atoms with Crippen LogP contribution in [0.2, 0.25) is 0 Å². The van der Waals surface area contributed by atoms with E-state index in [-0.39, 0.29) is 29.9 Å². The molecule has 0 unspecified atom stereocenters. The van der Waals surface area contributed by atoms with Gasteiger partial charge in [0, 0.05) is 46.3 Å². The number of guanidine groups is 1. The van der Waals surface area contributed by atoms with Crippen molar-refractivity contribution < 1.29 is 9.53 Å². The summed E-state index contributed by atoms with van der Waals surface area (Å²) in [6.45, 7) is 8.09. The van der Waals surface area contributed by atoms with Gasteiger partial charge in [-0.3, -0.25) is 9.79 Å². The predicted octanol–water partition coefficient (Wildman–Crippen LogP) is 1.11. The molecule has 124 valence electrons. The summed E-state index contributed by atoms with van der Waals surface area (Å²) < 4.78 is 5.57. The van der Waals surface area contributed by atoms with Gasteiger partial charge in [0.15, 0.2) is 5.96 Å². The minimum atomic E-state index is -0.0125. The highest BCUT2D eigenvalue weighted by atomic mass is 127. The van der Waals surface area contributed by atoms with Crippen LogP contribution in [0.3, 0.4) is 0 Å². The molecule has 0 aromatic carbocycles. The Kier molecular flexibility index (Phi) is 12.8. The van der Waals surface area contributed by atoms with Gasteiger partial charge >= 0.3 is 0 Å². The molecular weight excluding hydrogens is 383 g/mol. The van der Waals surface area contributed by atoms with E-state index in [1.54, 1.807) is 0 Å². The van der Waals surface area contributed by atoms with Crippen molar-refractivity contribution in [3.8, 4) is 0 Å². The van der Waals surface area contributed by atoms with Crippen molar-refractivity contribution >= 4 is 35.8 Å². The van der Waals surface area contributed by atoms with E-state index in [1.165, 1.54) is 19.8 Å². The fourth-order valence-corrected chi connectivity index (χ4v) is 1.65. The molecule has 7 heteroatoms. The molecule has 1 rings (SSSR count). The molecule has 1 aliphatic carbocycles. The number of hydrogen-bond donors (Lipinski definition) is 3. The van der Waals surface area contributed by atoms with Gasteiger partial charge < -0.3 is 20.7 Å². The summed E-state index contributed by atoms with van der Waals surface area (Å²) in [5, 5.41) is 9.09. The molecule has 0 bridgehead atoms. The first-order valence-corrected chi connectivity index (χ1v) is 7.56. The van der Waals surface area contributed by atoms with Gasteiger partial charge in [0.25, 0.3) is 0 Å². The maximum absolute atomic E-state index is 10.7. The maximum Gasteiger partial charge on any atom is 0.216 e. The van der Waals surface area contributed by atoms with Crippen LogP contribution < -0.4 is 16.0 Å². The molecule has 0 atom stereocenters. The quantitative estimate of drug-likeness (QED) is 0.218. The van der Waals surface area contributed by atoms with Crippen molar-refractivity contribution in [3.63, 3.8) is 0 Å². The van der Waals surface area contributed by atoms with E-state index in [1.807, 2.05) is 6.92 Å². The van der Waals surface area contributed by atoms with E-state index >= 15 is 0 Å². The molecule has 0 saturated heterocycles. The fourth-order valence-electron chi connectivity index (χ4n) is 1.65. The Morgan fingerprint density at radius 2 is 1.95 bits per heavy atom. The van der Waals surface area contributed by atoms with Gasteiger partial charge in [0.1, 0.15) is 0 Å². The Balaban J connectivity index is 0.00000400. The largest absolute Gasteiger partial charge is 0.381 e. The number of nitrogens with one attached hydrogen (secondary N) is 3. The number of halogens is 1. The number of hydrogen-bond acceptors (Lipinski definition) is 3. The highest BCUT2D eigenvalue weighted by molar-refractivity contribution is 14.0. The third-order valence-corrected chi connectivity index (χ3v) is 2.90. The minimum Gasteiger partial charge on any atom is -0.381 e. The smallest absolute Gasteiger partial charge is 0.216 e. The lowest BCUT2D eigenvalue weighted by Gasteiger charge is -2.11. The molecule has 0 heterocycles. The topological polar surface area (TPSA) is 74.8 Å². The lowest BCUT2D eigenvalue weighted by Crippen LogP contribution is -2.41. The summed E-state index contributed by atoms with van der Waals surface area (Å²) in [7, 11) is 0. The van der Waals surface area contributed by atoms with Gasteiger partial charge in [0.05, 0.1) is 0 Å². The second-order valence-electron chi connectivity index (χ2n) is 5.04. The van der Waals surface area contributed by atoms with Crippen LogP contribution in [-0.4, -0.2) is 51.3 Å². The Morgan fingerprint density at radius 3 is 2.57 bits per heavy atom. The van der Waals surface area contributed by atoms with Crippen LogP contribution in [0.15, 0.2) is 4.99 Å².